The van der Waals surface area contributed by atoms with Crippen molar-refractivity contribution in [3.8, 4) is 6.01 Å². The molecule has 2 aromatic heterocycles. The van der Waals surface area contributed by atoms with Crippen molar-refractivity contribution in [2.45, 2.75) is 26.8 Å². The molecule has 2 aromatic rings. The largest absolute Gasteiger partial charge is 0.467 e. The Labute approximate surface area is 122 Å². The van der Waals surface area contributed by atoms with Crippen LogP contribution in [0.25, 0.3) is 0 Å². The number of nitrogens with zero attached hydrogens (tertiary/aromatic N) is 5. The van der Waals surface area contributed by atoms with Crippen LogP contribution >= 0.6 is 11.6 Å². The minimum Gasteiger partial charge on any atom is -0.467 e. The molecule has 0 radical (unpaired) electrons. The lowest BCUT2D eigenvalue weighted by Crippen LogP contribution is -2.11. The normalized spacial score (nSPS) is 10.6. The van der Waals surface area contributed by atoms with E-state index in [1.807, 2.05) is 18.5 Å². The fraction of sp³-hybridized carbons (Fsp3) is 0.500. The molecule has 2 heterocycles. The first-order chi connectivity index (χ1) is 9.58. The number of ether oxygens (including phenoxy) is 1. The number of rotatable bonds is 6. The van der Waals surface area contributed by atoms with Gasteiger partial charge in [0.05, 0.1) is 12.8 Å². The Morgan fingerprint density at radius 3 is 2.75 bits per heavy atom. The number of anilines is 1. The monoisotopic (exact) mass is 296 g/mol. The third kappa shape index (κ3) is 3.80. The third-order valence-electron chi connectivity index (χ3n) is 2.70. The van der Waals surface area contributed by atoms with E-state index >= 15 is 0 Å². The molecular formula is C12H17ClN6O. The van der Waals surface area contributed by atoms with Crippen LogP contribution in [0.3, 0.4) is 0 Å². The van der Waals surface area contributed by atoms with E-state index in [2.05, 4.69) is 31.4 Å². The molecule has 0 aliphatic heterocycles. The summed E-state index contributed by atoms with van der Waals surface area (Å²) in [6, 6.07) is 2.26. The molecule has 1 N–H and O–H groups in total. The topological polar surface area (TPSA) is 77.8 Å². The zero-order valence-electron chi connectivity index (χ0n) is 11.7. The van der Waals surface area contributed by atoms with Crippen LogP contribution in [0.4, 0.5) is 5.95 Å². The highest BCUT2D eigenvalue weighted by atomic mass is 35.5. The molecule has 0 unspecified atom stereocenters. The molecule has 108 valence electrons. The summed E-state index contributed by atoms with van der Waals surface area (Å²) in [5.41, 5.74) is 2.19. The van der Waals surface area contributed by atoms with Gasteiger partial charge >= 0.3 is 6.01 Å². The van der Waals surface area contributed by atoms with Gasteiger partial charge in [-0.25, -0.2) is 0 Å². The summed E-state index contributed by atoms with van der Waals surface area (Å²) < 4.78 is 6.91. The summed E-state index contributed by atoms with van der Waals surface area (Å²) in [5.74, 6) is 0.412. The second-order valence-electron chi connectivity index (χ2n) is 4.35. The predicted molar refractivity (Wildman–Crippen MR) is 76.2 cm³/mol. The van der Waals surface area contributed by atoms with Gasteiger partial charge < -0.3 is 10.1 Å². The maximum atomic E-state index is 5.76. The molecule has 0 atom stereocenters. The Morgan fingerprint density at radius 1 is 1.30 bits per heavy atom. The van der Waals surface area contributed by atoms with Gasteiger partial charge in [0.1, 0.15) is 0 Å². The van der Waals surface area contributed by atoms with Crippen molar-refractivity contribution >= 4 is 17.5 Å². The lowest BCUT2D eigenvalue weighted by Gasteiger charge is -2.07. The quantitative estimate of drug-likeness (QED) is 0.820. The second kappa shape index (κ2) is 6.51. The highest BCUT2D eigenvalue weighted by molar-refractivity contribution is 6.28. The molecule has 0 spiro atoms. The van der Waals surface area contributed by atoms with Crippen molar-refractivity contribution in [3.63, 3.8) is 0 Å². The molecule has 20 heavy (non-hydrogen) atoms. The predicted octanol–water partition coefficient (Wildman–Crippen LogP) is 1.85. The van der Waals surface area contributed by atoms with E-state index in [9.17, 15) is 0 Å². The highest BCUT2D eigenvalue weighted by Gasteiger charge is 2.05. The van der Waals surface area contributed by atoms with Crippen molar-refractivity contribution in [3.05, 3.63) is 22.7 Å². The van der Waals surface area contributed by atoms with E-state index < -0.39 is 0 Å². The van der Waals surface area contributed by atoms with Gasteiger partial charge in [0.2, 0.25) is 11.2 Å². The van der Waals surface area contributed by atoms with Crippen molar-refractivity contribution in [1.29, 1.82) is 0 Å². The molecule has 0 aliphatic rings. The van der Waals surface area contributed by atoms with E-state index in [-0.39, 0.29) is 11.3 Å². The Bertz CT molecular complexity index is 585. The van der Waals surface area contributed by atoms with Gasteiger partial charge in [-0.3, -0.25) is 4.68 Å². The fourth-order valence-corrected chi connectivity index (χ4v) is 1.98. The molecule has 0 saturated carbocycles. The van der Waals surface area contributed by atoms with Crippen LogP contribution in [0.5, 0.6) is 6.01 Å². The highest BCUT2D eigenvalue weighted by Crippen LogP contribution is 2.10. The van der Waals surface area contributed by atoms with Gasteiger partial charge in [-0.2, -0.15) is 20.1 Å². The number of hydrogen-bond donors (Lipinski definition) is 1. The van der Waals surface area contributed by atoms with Gasteiger partial charge in [0.15, 0.2) is 0 Å². The third-order valence-corrected chi connectivity index (χ3v) is 2.87. The zero-order chi connectivity index (χ0) is 14.5. The van der Waals surface area contributed by atoms with Crippen LogP contribution in [-0.4, -0.2) is 38.4 Å². The van der Waals surface area contributed by atoms with Crippen molar-refractivity contribution in [1.82, 2.24) is 24.7 Å². The fourth-order valence-electron chi connectivity index (χ4n) is 1.83. The van der Waals surface area contributed by atoms with Gasteiger partial charge in [0.25, 0.3) is 0 Å². The second-order valence-corrected chi connectivity index (χ2v) is 4.68. The smallest absolute Gasteiger partial charge is 0.322 e. The van der Waals surface area contributed by atoms with Crippen LogP contribution < -0.4 is 10.1 Å². The number of aryl methyl sites for hydroxylation is 3. The summed E-state index contributed by atoms with van der Waals surface area (Å²) in [4.78, 5) is 11.8. The minimum atomic E-state index is 0.109. The van der Waals surface area contributed by atoms with Gasteiger partial charge in [-0.15, -0.1) is 0 Å². The Hall–Kier alpha value is -1.89. The van der Waals surface area contributed by atoms with Crippen molar-refractivity contribution < 1.29 is 4.74 Å². The standard InChI is InChI=1S/C12H17ClN6O/c1-8-7-9(2)19(18-8)6-4-5-14-11-15-10(13)16-12(17-11)20-3/h7H,4-6H2,1-3H3,(H,14,15,16,17). The van der Waals surface area contributed by atoms with Crippen LogP contribution in [-0.2, 0) is 6.54 Å². The van der Waals surface area contributed by atoms with Crippen molar-refractivity contribution in [2.75, 3.05) is 19.0 Å². The summed E-state index contributed by atoms with van der Waals surface area (Å²) in [6.07, 6.45) is 0.896. The first kappa shape index (κ1) is 14.5. The summed E-state index contributed by atoms with van der Waals surface area (Å²) in [5, 5.41) is 7.60. The summed E-state index contributed by atoms with van der Waals surface area (Å²) >= 11 is 5.76. The van der Waals surface area contributed by atoms with Crippen LogP contribution in [0.1, 0.15) is 17.8 Å². The Morgan fingerprint density at radius 2 is 2.10 bits per heavy atom. The van der Waals surface area contributed by atoms with Crippen LogP contribution in [0.15, 0.2) is 6.07 Å². The molecule has 7 nitrogen and oxygen atoms in total. The maximum Gasteiger partial charge on any atom is 0.322 e. The molecule has 2 rings (SSSR count). The molecule has 8 heteroatoms. The van der Waals surface area contributed by atoms with E-state index in [1.165, 1.54) is 7.11 Å². The van der Waals surface area contributed by atoms with E-state index in [1.54, 1.807) is 0 Å². The van der Waals surface area contributed by atoms with Gasteiger partial charge in [0, 0.05) is 18.8 Å². The first-order valence-electron chi connectivity index (χ1n) is 6.29. The molecule has 0 fully saturated rings. The average molecular weight is 297 g/mol. The van der Waals surface area contributed by atoms with E-state index in [0.717, 1.165) is 24.4 Å². The molecular weight excluding hydrogens is 280 g/mol. The summed E-state index contributed by atoms with van der Waals surface area (Å²) in [6.45, 7) is 5.58. The first-order valence-corrected chi connectivity index (χ1v) is 6.67. The molecule has 0 aliphatic carbocycles. The Kier molecular flexibility index (Phi) is 4.73. The molecule has 0 bridgehead atoms. The average Bonchev–Trinajstić information content (AvgIpc) is 2.72. The van der Waals surface area contributed by atoms with Gasteiger partial charge in [-0.05, 0) is 37.9 Å². The molecule has 0 amide bonds. The minimum absolute atomic E-state index is 0.109. The van der Waals surface area contributed by atoms with E-state index in [0.29, 0.717) is 12.5 Å². The van der Waals surface area contributed by atoms with Crippen LogP contribution in [0, 0.1) is 13.8 Å². The van der Waals surface area contributed by atoms with Crippen molar-refractivity contribution in [2.24, 2.45) is 0 Å². The Balaban J connectivity index is 1.84. The lowest BCUT2D eigenvalue weighted by atomic mass is 10.4. The molecule has 0 aromatic carbocycles. The van der Waals surface area contributed by atoms with E-state index in [4.69, 9.17) is 16.3 Å². The summed E-state index contributed by atoms with van der Waals surface area (Å²) in [7, 11) is 1.48. The SMILES string of the molecule is COc1nc(Cl)nc(NCCCn2nc(C)cc2C)n1. The maximum absolute atomic E-state index is 5.76. The lowest BCUT2D eigenvalue weighted by molar-refractivity contribution is 0.379. The zero-order valence-corrected chi connectivity index (χ0v) is 12.5. The van der Waals surface area contributed by atoms with Gasteiger partial charge in [-0.1, -0.05) is 0 Å². The molecule has 0 saturated heterocycles. The number of methoxy groups -OCH3 is 1. The van der Waals surface area contributed by atoms with Crippen LogP contribution in [0.2, 0.25) is 5.28 Å². The number of halogens is 1. The number of hydrogen-bond acceptors (Lipinski definition) is 6. The number of aromatic nitrogens is 5. The number of nitrogens with one attached hydrogen (secondary N) is 1.